The Labute approximate surface area is 151 Å². The lowest BCUT2D eigenvalue weighted by molar-refractivity contribution is 0.584. The molecule has 1 aromatic carbocycles. The number of halogens is 1. The van der Waals surface area contributed by atoms with E-state index in [1.54, 1.807) is 24.5 Å². The van der Waals surface area contributed by atoms with Crippen molar-refractivity contribution in [1.82, 2.24) is 19.7 Å². The summed E-state index contributed by atoms with van der Waals surface area (Å²) in [5.41, 5.74) is 3.27. The number of hydrogen-bond acceptors (Lipinski definition) is 4. The molecule has 0 aliphatic carbocycles. The third kappa shape index (κ3) is 4.74. The minimum Gasteiger partial charge on any atom is -0.341 e. The van der Waals surface area contributed by atoms with Crippen LogP contribution in [0.2, 0.25) is 0 Å². The maximum atomic E-state index is 13.2. The number of imidazole rings is 1. The van der Waals surface area contributed by atoms with Gasteiger partial charge in [0.15, 0.2) is 0 Å². The van der Waals surface area contributed by atoms with Crippen molar-refractivity contribution < 1.29 is 12.8 Å². The van der Waals surface area contributed by atoms with E-state index in [0.29, 0.717) is 19.4 Å². The van der Waals surface area contributed by atoms with E-state index in [1.807, 2.05) is 12.1 Å². The Morgan fingerprint density at radius 3 is 2.42 bits per heavy atom. The van der Waals surface area contributed by atoms with Crippen molar-refractivity contribution in [2.24, 2.45) is 0 Å². The Kier molecular flexibility index (Phi) is 5.43. The molecule has 0 fully saturated rings. The van der Waals surface area contributed by atoms with Crippen molar-refractivity contribution in [1.29, 1.82) is 0 Å². The highest BCUT2D eigenvalue weighted by Crippen LogP contribution is 2.30. The van der Waals surface area contributed by atoms with E-state index in [1.165, 1.54) is 12.1 Å². The standard InChI is InChI=1S/C18H19FN4O2S/c1-26(24,25)21-10-2-3-16-22-17(13-4-6-15(19)7-5-13)18(23-16)14-8-11-20-12-9-14/h4-9,11-12,21H,2-3,10H2,1H3,(H,22,23). The quantitative estimate of drug-likeness (QED) is 0.623. The van der Waals surface area contributed by atoms with Crippen LogP contribution in [-0.2, 0) is 16.4 Å². The average Bonchev–Trinajstić information content (AvgIpc) is 3.04. The predicted octanol–water partition coefficient (Wildman–Crippen LogP) is 2.76. The van der Waals surface area contributed by atoms with E-state index in [-0.39, 0.29) is 5.82 Å². The molecule has 136 valence electrons. The molecule has 3 aromatic rings. The maximum Gasteiger partial charge on any atom is 0.208 e. The number of aromatic nitrogens is 3. The highest BCUT2D eigenvalue weighted by molar-refractivity contribution is 7.88. The van der Waals surface area contributed by atoms with Crippen LogP contribution in [0.15, 0.2) is 48.8 Å². The normalized spacial score (nSPS) is 11.6. The van der Waals surface area contributed by atoms with E-state index in [0.717, 1.165) is 34.6 Å². The first-order valence-corrected chi connectivity index (χ1v) is 10.0. The molecule has 0 radical (unpaired) electrons. The van der Waals surface area contributed by atoms with E-state index >= 15 is 0 Å². The summed E-state index contributed by atoms with van der Waals surface area (Å²) >= 11 is 0. The van der Waals surface area contributed by atoms with Crippen LogP contribution in [0.4, 0.5) is 4.39 Å². The van der Waals surface area contributed by atoms with E-state index in [2.05, 4.69) is 19.7 Å². The summed E-state index contributed by atoms with van der Waals surface area (Å²) < 4.78 is 38.0. The van der Waals surface area contributed by atoms with Gasteiger partial charge in [-0.3, -0.25) is 4.98 Å². The van der Waals surface area contributed by atoms with Crippen molar-refractivity contribution >= 4 is 10.0 Å². The third-order valence-corrected chi connectivity index (χ3v) is 4.52. The third-order valence-electron chi connectivity index (χ3n) is 3.79. The first-order chi connectivity index (χ1) is 12.4. The molecule has 2 aromatic heterocycles. The molecule has 3 rings (SSSR count). The Hall–Kier alpha value is -2.58. The monoisotopic (exact) mass is 374 g/mol. The number of rotatable bonds is 7. The fourth-order valence-corrected chi connectivity index (χ4v) is 3.11. The zero-order valence-electron chi connectivity index (χ0n) is 14.2. The van der Waals surface area contributed by atoms with Gasteiger partial charge in [0, 0.05) is 36.5 Å². The lowest BCUT2D eigenvalue weighted by atomic mass is 10.1. The molecule has 0 saturated heterocycles. The predicted molar refractivity (Wildman–Crippen MR) is 98.4 cm³/mol. The summed E-state index contributed by atoms with van der Waals surface area (Å²) in [6.45, 7) is 0.343. The Morgan fingerprint density at radius 2 is 1.77 bits per heavy atom. The molecule has 0 amide bonds. The van der Waals surface area contributed by atoms with Crippen LogP contribution in [0.5, 0.6) is 0 Å². The summed E-state index contributed by atoms with van der Waals surface area (Å²) in [4.78, 5) is 12.0. The minimum atomic E-state index is -3.19. The van der Waals surface area contributed by atoms with Crippen molar-refractivity contribution in [3.05, 3.63) is 60.4 Å². The number of sulfonamides is 1. The van der Waals surface area contributed by atoms with Crippen LogP contribution < -0.4 is 4.72 Å². The molecule has 6 nitrogen and oxygen atoms in total. The molecule has 0 unspecified atom stereocenters. The zero-order chi connectivity index (χ0) is 18.6. The lowest BCUT2D eigenvalue weighted by Gasteiger charge is -2.02. The number of pyridine rings is 1. The number of H-pyrrole nitrogens is 1. The number of hydrogen-bond donors (Lipinski definition) is 2. The number of aromatic amines is 1. The Morgan fingerprint density at radius 1 is 1.08 bits per heavy atom. The van der Waals surface area contributed by atoms with Gasteiger partial charge in [-0.1, -0.05) is 0 Å². The van der Waals surface area contributed by atoms with Crippen molar-refractivity contribution in [2.75, 3.05) is 12.8 Å². The van der Waals surface area contributed by atoms with Crippen LogP contribution >= 0.6 is 0 Å². The fraction of sp³-hybridized carbons (Fsp3) is 0.222. The van der Waals surface area contributed by atoms with Gasteiger partial charge in [0.05, 0.1) is 17.6 Å². The first kappa shape index (κ1) is 18.2. The molecule has 0 saturated carbocycles. The van der Waals surface area contributed by atoms with Gasteiger partial charge in [0.2, 0.25) is 10.0 Å². The molecule has 0 atom stereocenters. The van der Waals surface area contributed by atoms with Crippen LogP contribution in [0.3, 0.4) is 0 Å². The molecule has 8 heteroatoms. The van der Waals surface area contributed by atoms with E-state index in [4.69, 9.17) is 0 Å². The van der Waals surface area contributed by atoms with Crippen LogP contribution in [0.25, 0.3) is 22.5 Å². The second kappa shape index (κ2) is 7.76. The van der Waals surface area contributed by atoms with Gasteiger partial charge in [-0.05, 0) is 42.8 Å². The molecule has 0 bridgehead atoms. The average molecular weight is 374 g/mol. The van der Waals surface area contributed by atoms with Crippen LogP contribution in [0, 0.1) is 5.82 Å². The molecule has 0 aliphatic heterocycles. The molecular formula is C18H19FN4O2S. The second-order valence-corrected chi connectivity index (χ2v) is 7.75. The highest BCUT2D eigenvalue weighted by atomic mass is 32.2. The molecule has 26 heavy (non-hydrogen) atoms. The van der Waals surface area contributed by atoms with Crippen molar-refractivity contribution in [3.63, 3.8) is 0 Å². The number of nitrogens with one attached hydrogen (secondary N) is 2. The van der Waals surface area contributed by atoms with Gasteiger partial charge >= 0.3 is 0 Å². The van der Waals surface area contributed by atoms with Gasteiger partial charge in [-0.2, -0.15) is 0 Å². The second-order valence-electron chi connectivity index (χ2n) is 5.92. The topological polar surface area (TPSA) is 87.7 Å². The molecule has 2 N–H and O–H groups in total. The molecule has 0 spiro atoms. The fourth-order valence-electron chi connectivity index (χ4n) is 2.60. The highest BCUT2D eigenvalue weighted by Gasteiger charge is 2.14. The minimum absolute atomic E-state index is 0.304. The van der Waals surface area contributed by atoms with E-state index < -0.39 is 10.0 Å². The Balaban J connectivity index is 1.87. The first-order valence-electron chi connectivity index (χ1n) is 8.12. The molecule has 0 aliphatic rings. The van der Waals surface area contributed by atoms with Gasteiger partial charge in [0.1, 0.15) is 11.6 Å². The maximum absolute atomic E-state index is 13.2. The summed E-state index contributed by atoms with van der Waals surface area (Å²) in [5, 5.41) is 0. The zero-order valence-corrected chi connectivity index (χ0v) is 15.1. The van der Waals surface area contributed by atoms with Gasteiger partial charge in [0.25, 0.3) is 0 Å². The number of nitrogens with zero attached hydrogens (tertiary/aromatic N) is 2. The Bertz CT molecular complexity index is 970. The SMILES string of the molecule is CS(=O)(=O)NCCCc1nc(-c2ccc(F)cc2)c(-c2ccncc2)[nH]1. The molecule has 2 heterocycles. The van der Waals surface area contributed by atoms with Crippen molar-refractivity contribution in [2.45, 2.75) is 12.8 Å². The van der Waals surface area contributed by atoms with Gasteiger partial charge in [-0.25, -0.2) is 22.5 Å². The summed E-state index contributed by atoms with van der Waals surface area (Å²) in [6.07, 6.45) is 5.72. The largest absolute Gasteiger partial charge is 0.341 e. The number of benzene rings is 1. The smallest absolute Gasteiger partial charge is 0.208 e. The molecular weight excluding hydrogens is 355 g/mol. The van der Waals surface area contributed by atoms with Gasteiger partial charge < -0.3 is 4.98 Å². The lowest BCUT2D eigenvalue weighted by Crippen LogP contribution is -2.23. The summed E-state index contributed by atoms with van der Waals surface area (Å²) in [7, 11) is -3.19. The summed E-state index contributed by atoms with van der Waals surface area (Å²) in [5.74, 6) is 0.438. The van der Waals surface area contributed by atoms with Crippen LogP contribution in [0.1, 0.15) is 12.2 Å². The van der Waals surface area contributed by atoms with Gasteiger partial charge in [-0.15, -0.1) is 0 Å². The van der Waals surface area contributed by atoms with Crippen LogP contribution in [-0.4, -0.2) is 36.2 Å². The van der Waals surface area contributed by atoms with E-state index in [9.17, 15) is 12.8 Å². The van der Waals surface area contributed by atoms with Crippen molar-refractivity contribution in [3.8, 4) is 22.5 Å². The number of aryl methyl sites for hydroxylation is 1. The summed E-state index contributed by atoms with van der Waals surface area (Å²) in [6, 6.07) is 9.91.